The van der Waals surface area contributed by atoms with E-state index in [2.05, 4.69) is 32.8 Å². The van der Waals surface area contributed by atoms with Crippen LogP contribution >= 0.6 is 22.6 Å². The summed E-state index contributed by atoms with van der Waals surface area (Å²) in [6, 6.07) is 7.75. The second-order valence-electron chi connectivity index (χ2n) is 6.06. The van der Waals surface area contributed by atoms with Crippen molar-refractivity contribution in [3.05, 3.63) is 45.4 Å². The van der Waals surface area contributed by atoms with Gasteiger partial charge in [-0.05, 0) is 53.6 Å². The van der Waals surface area contributed by atoms with Gasteiger partial charge in [-0.15, -0.1) is 0 Å². The molecular formula is C18H18IN3O3. The van der Waals surface area contributed by atoms with Crippen LogP contribution in [0.15, 0.2) is 35.0 Å². The summed E-state index contributed by atoms with van der Waals surface area (Å²) in [5.74, 6) is 3.09. The van der Waals surface area contributed by atoms with Gasteiger partial charge in [-0.25, -0.2) is 0 Å². The summed E-state index contributed by atoms with van der Waals surface area (Å²) >= 11 is 2.31. The lowest BCUT2D eigenvalue weighted by Crippen LogP contribution is -2.03. The summed E-state index contributed by atoms with van der Waals surface area (Å²) in [4.78, 5) is 0. The Morgan fingerprint density at radius 1 is 1.24 bits per heavy atom. The summed E-state index contributed by atoms with van der Waals surface area (Å²) in [6.07, 6.45) is 4.33. The second kappa shape index (κ2) is 6.70. The number of rotatable bonds is 6. The molecular weight excluding hydrogens is 433 g/mol. The highest BCUT2D eigenvalue weighted by molar-refractivity contribution is 14.1. The first-order chi connectivity index (χ1) is 12.2. The van der Waals surface area contributed by atoms with Gasteiger partial charge in [0.25, 0.3) is 0 Å². The number of aromatic nitrogens is 3. The lowest BCUT2D eigenvalue weighted by atomic mass is 10.2. The Labute approximate surface area is 159 Å². The Morgan fingerprint density at radius 2 is 2.08 bits per heavy atom. The Kier molecular flexibility index (Phi) is 4.41. The van der Waals surface area contributed by atoms with Gasteiger partial charge in [-0.2, -0.15) is 5.10 Å². The number of hydrogen-bond acceptors (Lipinski definition) is 5. The number of halogens is 1. The van der Waals surface area contributed by atoms with Gasteiger partial charge in [0.1, 0.15) is 22.9 Å². The fraction of sp³-hybridized carbons (Fsp3) is 0.333. The first kappa shape index (κ1) is 16.4. The van der Waals surface area contributed by atoms with Crippen molar-refractivity contribution in [2.45, 2.75) is 25.3 Å². The minimum Gasteiger partial charge on any atom is -0.497 e. The lowest BCUT2D eigenvalue weighted by molar-refractivity contribution is 0.385. The third-order valence-electron chi connectivity index (χ3n) is 4.32. The molecule has 0 radical (unpaired) electrons. The monoisotopic (exact) mass is 451 g/mol. The van der Waals surface area contributed by atoms with Crippen LogP contribution in [0.1, 0.15) is 30.1 Å². The van der Waals surface area contributed by atoms with Gasteiger partial charge in [-0.1, -0.05) is 5.16 Å². The summed E-state index contributed by atoms with van der Waals surface area (Å²) in [7, 11) is 3.30. The quantitative estimate of drug-likeness (QED) is 0.529. The van der Waals surface area contributed by atoms with E-state index in [0.717, 1.165) is 37.8 Å². The van der Waals surface area contributed by atoms with Gasteiger partial charge in [0.15, 0.2) is 5.76 Å². The lowest BCUT2D eigenvalue weighted by Gasteiger charge is -2.10. The van der Waals surface area contributed by atoms with Gasteiger partial charge >= 0.3 is 0 Å². The molecule has 0 spiro atoms. The maximum atomic E-state index is 5.52. The number of nitrogens with zero attached hydrogens (tertiary/aromatic N) is 3. The zero-order valence-electron chi connectivity index (χ0n) is 14.0. The molecule has 0 atom stereocenters. The average molecular weight is 451 g/mol. The third kappa shape index (κ3) is 3.24. The van der Waals surface area contributed by atoms with Crippen molar-refractivity contribution in [1.82, 2.24) is 14.9 Å². The molecule has 1 fully saturated rings. The largest absolute Gasteiger partial charge is 0.497 e. The Bertz CT molecular complexity index is 899. The SMILES string of the molecule is COc1ccc(Cn2ccc(-c3noc(C4CC4)c3I)n2)c(OC)c1. The molecule has 6 nitrogen and oxygen atoms in total. The van der Waals surface area contributed by atoms with E-state index in [1.165, 1.54) is 12.8 Å². The van der Waals surface area contributed by atoms with Crippen LogP contribution in [0.4, 0.5) is 0 Å². The van der Waals surface area contributed by atoms with E-state index in [1.807, 2.05) is 35.1 Å². The van der Waals surface area contributed by atoms with E-state index in [4.69, 9.17) is 14.0 Å². The molecule has 0 bridgehead atoms. The van der Waals surface area contributed by atoms with Crippen molar-refractivity contribution in [2.75, 3.05) is 14.2 Å². The Morgan fingerprint density at radius 3 is 2.80 bits per heavy atom. The van der Waals surface area contributed by atoms with Gasteiger partial charge < -0.3 is 14.0 Å². The molecule has 1 aliphatic rings. The highest BCUT2D eigenvalue weighted by Crippen LogP contribution is 2.44. The standard InChI is InChI=1S/C18H18IN3O3/c1-23-13-6-5-12(15(9-13)24-2)10-22-8-7-14(20-22)17-16(19)18(25-21-17)11-3-4-11/h5-9,11H,3-4,10H2,1-2H3. The van der Waals surface area contributed by atoms with Gasteiger partial charge in [-0.3, -0.25) is 4.68 Å². The highest BCUT2D eigenvalue weighted by atomic mass is 127. The van der Waals surface area contributed by atoms with E-state index < -0.39 is 0 Å². The Balaban J connectivity index is 1.58. The average Bonchev–Trinajstić information content (AvgIpc) is 3.25. The van der Waals surface area contributed by atoms with Gasteiger partial charge in [0.2, 0.25) is 0 Å². The first-order valence-electron chi connectivity index (χ1n) is 8.09. The molecule has 2 heterocycles. The van der Waals surface area contributed by atoms with E-state index >= 15 is 0 Å². The predicted octanol–water partition coefficient (Wildman–Crippen LogP) is 4.09. The van der Waals surface area contributed by atoms with Crippen LogP contribution in [0.3, 0.4) is 0 Å². The van der Waals surface area contributed by atoms with Crippen molar-refractivity contribution in [1.29, 1.82) is 0 Å². The van der Waals surface area contributed by atoms with Crippen LogP contribution in [-0.4, -0.2) is 29.2 Å². The molecule has 130 valence electrons. The molecule has 2 aromatic heterocycles. The third-order valence-corrected chi connectivity index (χ3v) is 5.36. The molecule has 1 aliphatic carbocycles. The number of hydrogen-bond donors (Lipinski definition) is 0. The fourth-order valence-corrected chi connectivity index (χ4v) is 3.70. The maximum absolute atomic E-state index is 5.52. The van der Waals surface area contributed by atoms with E-state index in [-0.39, 0.29) is 0 Å². The smallest absolute Gasteiger partial charge is 0.153 e. The van der Waals surface area contributed by atoms with Crippen LogP contribution in [0.25, 0.3) is 11.4 Å². The van der Waals surface area contributed by atoms with Crippen LogP contribution in [0.5, 0.6) is 11.5 Å². The second-order valence-corrected chi connectivity index (χ2v) is 7.14. The van der Waals surface area contributed by atoms with Crippen molar-refractivity contribution in [2.24, 2.45) is 0 Å². The summed E-state index contributed by atoms with van der Waals surface area (Å²) in [5, 5.41) is 8.87. The van der Waals surface area contributed by atoms with Gasteiger partial charge in [0, 0.05) is 23.7 Å². The molecule has 0 saturated heterocycles. The topological polar surface area (TPSA) is 62.3 Å². The summed E-state index contributed by atoms with van der Waals surface area (Å²) < 4.78 is 19.2. The van der Waals surface area contributed by atoms with E-state index in [9.17, 15) is 0 Å². The van der Waals surface area contributed by atoms with Crippen LogP contribution in [0.2, 0.25) is 0 Å². The molecule has 0 unspecified atom stereocenters. The van der Waals surface area contributed by atoms with E-state index in [1.54, 1.807) is 14.2 Å². The van der Waals surface area contributed by atoms with Crippen LogP contribution in [0, 0.1) is 3.57 Å². The zero-order chi connectivity index (χ0) is 17.4. The number of benzene rings is 1. The predicted molar refractivity (Wildman–Crippen MR) is 101 cm³/mol. The van der Waals surface area contributed by atoms with Crippen molar-refractivity contribution >= 4 is 22.6 Å². The van der Waals surface area contributed by atoms with Gasteiger partial charge in [0.05, 0.1) is 24.3 Å². The molecule has 4 rings (SSSR count). The Hall–Kier alpha value is -2.03. The number of ether oxygens (including phenoxy) is 2. The number of methoxy groups -OCH3 is 2. The molecule has 1 saturated carbocycles. The van der Waals surface area contributed by atoms with Crippen molar-refractivity contribution in [3.63, 3.8) is 0 Å². The molecule has 1 aromatic carbocycles. The minimum atomic E-state index is 0.541. The molecule has 7 heteroatoms. The molecule has 3 aromatic rings. The fourth-order valence-electron chi connectivity index (χ4n) is 2.78. The molecule has 25 heavy (non-hydrogen) atoms. The minimum absolute atomic E-state index is 0.541. The molecule has 0 amide bonds. The van der Waals surface area contributed by atoms with Crippen molar-refractivity contribution in [3.8, 4) is 22.9 Å². The van der Waals surface area contributed by atoms with Crippen molar-refractivity contribution < 1.29 is 14.0 Å². The molecule has 0 N–H and O–H groups in total. The summed E-state index contributed by atoms with van der Waals surface area (Å²) in [5.41, 5.74) is 2.68. The summed E-state index contributed by atoms with van der Waals surface area (Å²) in [6.45, 7) is 0.608. The first-order valence-corrected chi connectivity index (χ1v) is 9.17. The molecule has 0 aliphatic heterocycles. The highest BCUT2D eigenvalue weighted by Gasteiger charge is 2.32. The maximum Gasteiger partial charge on any atom is 0.153 e. The zero-order valence-corrected chi connectivity index (χ0v) is 16.2. The van der Waals surface area contributed by atoms with Crippen LogP contribution < -0.4 is 9.47 Å². The van der Waals surface area contributed by atoms with E-state index in [0.29, 0.717) is 12.5 Å². The van der Waals surface area contributed by atoms with Crippen LogP contribution in [-0.2, 0) is 6.54 Å². The normalized spacial score (nSPS) is 13.9.